The molecule has 0 radical (unpaired) electrons. The van der Waals surface area contributed by atoms with Crippen molar-refractivity contribution in [2.24, 2.45) is 0 Å². The van der Waals surface area contributed by atoms with E-state index in [0.29, 0.717) is 22.6 Å². The smallest absolute Gasteiger partial charge is 0.347 e. The van der Waals surface area contributed by atoms with Crippen LogP contribution in [-0.4, -0.2) is 18.9 Å². The normalized spacial score (nSPS) is 10.7. The number of hydrogen-bond donors (Lipinski definition) is 0. The fraction of sp³-hybridized carbons (Fsp3) is 0.0345. The number of carbonyl (C=O) groups excluding carboxylic acids is 2. The maximum Gasteiger partial charge on any atom is 0.347 e. The van der Waals surface area contributed by atoms with Gasteiger partial charge in [0.15, 0.2) is 5.78 Å². The fourth-order valence-electron chi connectivity index (χ4n) is 3.35. The summed E-state index contributed by atoms with van der Waals surface area (Å²) >= 11 is 0. The first-order chi connectivity index (χ1) is 16.1. The lowest BCUT2D eigenvalue weighted by molar-refractivity contribution is 0.0731. The van der Waals surface area contributed by atoms with Gasteiger partial charge in [-0.2, -0.15) is 0 Å². The number of esters is 1. The fourth-order valence-corrected chi connectivity index (χ4v) is 3.35. The second-order valence-corrected chi connectivity index (χ2v) is 7.30. The summed E-state index contributed by atoms with van der Waals surface area (Å²) in [5, 5.41) is 0. The van der Waals surface area contributed by atoms with Crippen LogP contribution in [0.3, 0.4) is 0 Å². The van der Waals surface area contributed by atoms with E-state index in [1.165, 1.54) is 13.2 Å². The number of rotatable bonds is 7. The van der Waals surface area contributed by atoms with Gasteiger partial charge < -0.3 is 9.47 Å². The van der Waals surface area contributed by atoms with Gasteiger partial charge in [0.1, 0.15) is 17.1 Å². The van der Waals surface area contributed by atoms with Gasteiger partial charge in [-0.1, -0.05) is 84.9 Å². The quantitative estimate of drug-likeness (QED) is 0.145. The standard InChI is InChI=1S/C29H22O4/c1-32-28-10-6-5-9-26(28)29(31)33-25-18-11-21(12-19-25)13-20-27(30)24-16-14-23(15-17-24)22-7-3-2-4-8-22/h2-20H,1H3/b20-13+. The van der Waals surface area contributed by atoms with E-state index < -0.39 is 5.97 Å². The predicted molar refractivity (Wildman–Crippen MR) is 130 cm³/mol. The summed E-state index contributed by atoms with van der Waals surface area (Å²) in [6.07, 6.45) is 3.27. The Morgan fingerprint density at radius 2 is 1.33 bits per heavy atom. The highest BCUT2D eigenvalue weighted by Gasteiger charge is 2.13. The second-order valence-electron chi connectivity index (χ2n) is 7.30. The second kappa shape index (κ2) is 10.2. The third kappa shape index (κ3) is 5.43. The summed E-state index contributed by atoms with van der Waals surface area (Å²) in [5.41, 5.74) is 3.97. The van der Waals surface area contributed by atoms with Crippen LogP contribution in [0.15, 0.2) is 109 Å². The molecule has 0 bridgehead atoms. The minimum absolute atomic E-state index is 0.0821. The summed E-state index contributed by atoms with van der Waals surface area (Å²) < 4.78 is 10.6. The van der Waals surface area contributed by atoms with Crippen LogP contribution in [0, 0.1) is 0 Å². The van der Waals surface area contributed by atoms with Crippen molar-refractivity contribution in [3.8, 4) is 22.6 Å². The summed E-state index contributed by atoms with van der Waals surface area (Å²) in [4.78, 5) is 24.9. The summed E-state index contributed by atoms with van der Waals surface area (Å²) in [7, 11) is 1.51. The van der Waals surface area contributed by atoms with Crippen molar-refractivity contribution in [3.63, 3.8) is 0 Å². The minimum Gasteiger partial charge on any atom is -0.496 e. The summed E-state index contributed by atoms with van der Waals surface area (Å²) in [5.74, 6) is 0.286. The van der Waals surface area contributed by atoms with E-state index in [2.05, 4.69) is 0 Å². The molecule has 33 heavy (non-hydrogen) atoms. The van der Waals surface area contributed by atoms with Crippen molar-refractivity contribution in [3.05, 3.63) is 126 Å². The van der Waals surface area contributed by atoms with Crippen molar-refractivity contribution >= 4 is 17.8 Å². The zero-order chi connectivity index (χ0) is 23.0. The van der Waals surface area contributed by atoms with Gasteiger partial charge >= 0.3 is 5.97 Å². The van der Waals surface area contributed by atoms with Crippen molar-refractivity contribution in [2.75, 3.05) is 7.11 Å². The Balaban J connectivity index is 1.39. The van der Waals surface area contributed by atoms with Crippen molar-refractivity contribution in [2.45, 2.75) is 0 Å². The summed E-state index contributed by atoms with van der Waals surface area (Å²) in [6, 6.07) is 31.4. The molecule has 0 heterocycles. The number of benzene rings is 4. The van der Waals surface area contributed by atoms with Crippen molar-refractivity contribution in [1.82, 2.24) is 0 Å². The van der Waals surface area contributed by atoms with Crippen LogP contribution in [0.5, 0.6) is 11.5 Å². The molecular weight excluding hydrogens is 412 g/mol. The van der Waals surface area contributed by atoms with Gasteiger partial charge in [0.25, 0.3) is 0 Å². The van der Waals surface area contributed by atoms with Gasteiger partial charge in [0, 0.05) is 5.56 Å². The number of allylic oxidation sites excluding steroid dienone is 1. The van der Waals surface area contributed by atoms with Crippen LogP contribution >= 0.6 is 0 Å². The molecule has 0 fully saturated rings. The Morgan fingerprint density at radius 1 is 0.697 bits per heavy atom. The van der Waals surface area contributed by atoms with E-state index in [4.69, 9.17) is 9.47 Å². The maximum atomic E-state index is 12.5. The predicted octanol–water partition coefficient (Wildman–Crippen LogP) is 6.48. The van der Waals surface area contributed by atoms with Crippen LogP contribution < -0.4 is 9.47 Å². The lowest BCUT2D eigenvalue weighted by atomic mass is 10.0. The molecule has 4 nitrogen and oxygen atoms in total. The Morgan fingerprint density at radius 3 is 2.03 bits per heavy atom. The Bertz CT molecular complexity index is 1270. The van der Waals surface area contributed by atoms with E-state index in [1.807, 2.05) is 54.6 Å². The van der Waals surface area contributed by atoms with Crippen LogP contribution in [0.2, 0.25) is 0 Å². The van der Waals surface area contributed by atoms with Crippen LogP contribution in [0.1, 0.15) is 26.3 Å². The Labute approximate surface area is 192 Å². The molecule has 0 saturated carbocycles. The topological polar surface area (TPSA) is 52.6 Å². The zero-order valence-electron chi connectivity index (χ0n) is 18.1. The lowest BCUT2D eigenvalue weighted by Gasteiger charge is -2.08. The largest absolute Gasteiger partial charge is 0.496 e. The molecule has 0 atom stereocenters. The molecule has 0 saturated heterocycles. The molecule has 162 valence electrons. The molecule has 4 heteroatoms. The number of ketones is 1. The first-order valence-corrected chi connectivity index (χ1v) is 10.5. The average molecular weight is 434 g/mol. The van der Waals surface area contributed by atoms with E-state index in [0.717, 1.165) is 16.7 Å². The van der Waals surface area contributed by atoms with Gasteiger partial charge in [-0.3, -0.25) is 4.79 Å². The average Bonchev–Trinajstić information content (AvgIpc) is 2.88. The van der Waals surface area contributed by atoms with Crippen LogP contribution in [0.25, 0.3) is 17.2 Å². The lowest BCUT2D eigenvalue weighted by Crippen LogP contribution is -2.09. The Hall–Kier alpha value is -4.44. The summed E-state index contributed by atoms with van der Waals surface area (Å²) in [6.45, 7) is 0. The molecule has 0 aliphatic heterocycles. The van der Waals surface area contributed by atoms with Crippen LogP contribution in [-0.2, 0) is 0 Å². The van der Waals surface area contributed by atoms with E-state index in [-0.39, 0.29) is 5.78 Å². The maximum absolute atomic E-state index is 12.5. The van der Waals surface area contributed by atoms with Crippen molar-refractivity contribution < 1.29 is 19.1 Å². The molecule has 0 aliphatic carbocycles. The van der Waals surface area contributed by atoms with E-state index in [1.54, 1.807) is 54.6 Å². The van der Waals surface area contributed by atoms with Crippen LogP contribution in [0.4, 0.5) is 0 Å². The molecule has 4 rings (SSSR count). The molecule has 4 aromatic rings. The van der Waals surface area contributed by atoms with Gasteiger partial charge in [-0.05, 0) is 47.0 Å². The van der Waals surface area contributed by atoms with Crippen molar-refractivity contribution in [1.29, 1.82) is 0 Å². The highest BCUT2D eigenvalue weighted by atomic mass is 16.5. The molecule has 0 aromatic heterocycles. The molecular formula is C29H22O4. The van der Waals surface area contributed by atoms with Gasteiger partial charge in [-0.15, -0.1) is 0 Å². The first-order valence-electron chi connectivity index (χ1n) is 10.5. The zero-order valence-corrected chi connectivity index (χ0v) is 18.1. The SMILES string of the molecule is COc1ccccc1C(=O)Oc1ccc(/C=C/C(=O)c2ccc(-c3ccccc3)cc2)cc1. The highest BCUT2D eigenvalue weighted by Crippen LogP contribution is 2.22. The number of para-hydroxylation sites is 1. The third-order valence-corrected chi connectivity index (χ3v) is 5.12. The number of methoxy groups -OCH3 is 1. The third-order valence-electron chi connectivity index (χ3n) is 5.12. The van der Waals surface area contributed by atoms with E-state index >= 15 is 0 Å². The van der Waals surface area contributed by atoms with Gasteiger partial charge in [0.2, 0.25) is 0 Å². The molecule has 0 amide bonds. The Kier molecular flexibility index (Phi) is 6.76. The number of carbonyl (C=O) groups is 2. The van der Waals surface area contributed by atoms with Gasteiger partial charge in [-0.25, -0.2) is 4.79 Å². The number of hydrogen-bond acceptors (Lipinski definition) is 4. The molecule has 0 spiro atoms. The first kappa shape index (κ1) is 21.8. The number of ether oxygens (including phenoxy) is 2. The molecule has 0 unspecified atom stereocenters. The molecule has 0 N–H and O–H groups in total. The highest BCUT2D eigenvalue weighted by molar-refractivity contribution is 6.07. The minimum atomic E-state index is -0.495. The molecule has 4 aromatic carbocycles. The van der Waals surface area contributed by atoms with Gasteiger partial charge in [0.05, 0.1) is 7.11 Å². The molecule has 0 aliphatic rings. The van der Waals surface area contributed by atoms with E-state index in [9.17, 15) is 9.59 Å². The monoisotopic (exact) mass is 434 g/mol.